The topological polar surface area (TPSA) is 101 Å². The van der Waals surface area contributed by atoms with E-state index in [0.29, 0.717) is 40.6 Å². The number of nitrogens with one attached hydrogen (secondary N) is 1. The first-order valence-electron chi connectivity index (χ1n) is 11.3. The fraction of sp³-hybridized carbons (Fsp3) is 0.280. The first kappa shape index (κ1) is 22.5. The van der Waals surface area contributed by atoms with Crippen LogP contribution in [0.25, 0.3) is 28.2 Å². The second-order valence-corrected chi connectivity index (χ2v) is 9.50. The fourth-order valence-electron chi connectivity index (χ4n) is 4.37. The molecule has 2 aliphatic rings. The second kappa shape index (κ2) is 9.15. The van der Waals surface area contributed by atoms with Crippen molar-refractivity contribution in [2.45, 2.75) is 32.2 Å². The van der Waals surface area contributed by atoms with Crippen molar-refractivity contribution < 1.29 is 14.0 Å². The Morgan fingerprint density at radius 1 is 1.24 bits per heavy atom. The summed E-state index contributed by atoms with van der Waals surface area (Å²) in [5.41, 5.74) is 9.37. The lowest BCUT2D eigenvalue weighted by atomic mass is 10.0. The van der Waals surface area contributed by atoms with Gasteiger partial charge in [-0.1, -0.05) is 19.1 Å². The maximum atomic E-state index is 15.2. The predicted octanol–water partition coefficient (Wildman–Crippen LogP) is 4.25. The van der Waals surface area contributed by atoms with Crippen LogP contribution in [0.5, 0.6) is 0 Å². The number of amides is 2. The molecule has 5 rings (SSSR count). The van der Waals surface area contributed by atoms with Gasteiger partial charge in [-0.2, -0.15) is 0 Å². The number of piperidine rings is 1. The Bertz CT molecular complexity index is 1340. The Hall–Kier alpha value is -3.30. The molecule has 1 atom stereocenters. The van der Waals surface area contributed by atoms with Crippen LogP contribution in [0.1, 0.15) is 31.2 Å². The van der Waals surface area contributed by atoms with E-state index in [1.54, 1.807) is 12.1 Å². The van der Waals surface area contributed by atoms with Gasteiger partial charge in [-0.25, -0.2) is 14.4 Å². The molecule has 2 saturated heterocycles. The number of nitrogens with zero attached hydrogens (tertiary/aromatic N) is 3. The molecule has 9 heteroatoms. The number of halogens is 1. The molecule has 0 aliphatic carbocycles. The van der Waals surface area contributed by atoms with Gasteiger partial charge in [0.15, 0.2) is 0 Å². The number of imide groups is 1. The fourth-order valence-corrected chi connectivity index (χ4v) is 5.06. The van der Waals surface area contributed by atoms with Crippen LogP contribution in [0.3, 0.4) is 0 Å². The summed E-state index contributed by atoms with van der Waals surface area (Å²) in [7, 11) is 0. The van der Waals surface area contributed by atoms with Crippen molar-refractivity contribution in [1.82, 2.24) is 15.3 Å². The molecule has 0 saturated carbocycles. The van der Waals surface area contributed by atoms with Gasteiger partial charge in [0.25, 0.3) is 11.1 Å². The monoisotopic (exact) mass is 477 g/mol. The molecule has 0 radical (unpaired) electrons. The highest BCUT2D eigenvalue weighted by molar-refractivity contribution is 8.18. The van der Waals surface area contributed by atoms with Crippen LogP contribution in [0.15, 0.2) is 41.3 Å². The Morgan fingerprint density at radius 3 is 2.79 bits per heavy atom. The minimum absolute atomic E-state index is 0.0497. The van der Waals surface area contributed by atoms with Crippen LogP contribution in [-0.2, 0) is 11.2 Å². The molecule has 2 aliphatic heterocycles. The highest BCUT2D eigenvalue weighted by atomic mass is 32.2. The van der Waals surface area contributed by atoms with Crippen LogP contribution in [0.4, 0.5) is 14.9 Å². The van der Waals surface area contributed by atoms with Gasteiger partial charge < -0.3 is 10.6 Å². The zero-order chi connectivity index (χ0) is 23.8. The van der Waals surface area contributed by atoms with Crippen molar-refractivity contribution in [1.29, 1.82) is 0 Å². The Labute approximate surface area is 200 Å². The third kappa shape index (κ3) is 4.41. The minimum Gasteiger partial charge on any atom is -0.368 e. The van der Waals surface area contributed by atoms with Gasteiger partial charge in [0, 0.05) is 36.5 Å². The van der Waals surface area contributed by atoms with Crippen molar-refractivity contribution in [2.24, 2.45) is 5.73 Å². The van der Waals surface area contributed by atoms with Crippen molar-refractivity contribution in [3.8, 4) is 11.3 Å². The molecule has 2 amide bonds. The van der Waals surface area contributed by atoms with Gasteiger partial charge in [-0.15, -0.1) is 0 Å². The van der Waals surface area contributed by atoms with E-state index < -0.39 is 5.91 Å². The minimum atomic E-state index is -0.414. The maximum Gasteiger partial charge on any atom is 0.290 e. The first-order valence-corrected chi connectivity index (χ1v) is 12.1. The van der Waals surface area contributed by atoms with Gasteiger partial charge in [0.2, 0.25) is 0 Å². The van der Waals surface area contributed by atoms with E-state index in [-0.39, 0.29) is 17.1 Å². The smallest absolute Gasteiger partial charge is 0.290 e. The summed E-state index contributed by atoms with van der Waals surface area (Å²) in [6, 6.07) is 10.8. The Kier molecular flexibility index (Phi) is 6.05. The lowest BCUT2D eigenvalue weighted by Gasteiger charge is -2.32. The summed E-state index contributed by atoms with van der Waals surface area (Å²) < 4.78 is 15.2. The average molecular weight is 478 g/mol. The third-order valence-corrected chi connectivity index (χ3v) is 6.85. The summed E-state index contributed by atoms with van der Waals surface area (Å²) in [6.07, 6.45) is 4.19. The van der Waals surface area contributed by atoms with E-state index in [2.05, 4.69) is 10.3 Å². The molecule has 7 nitrogen and oxygen atoms in total. The van der Waals surface area contributed by atoms with E-state index in [4.69, 9.17) is 10.7 Å². The zero-order valence-corrected chi connectivity index (χ0v) is 19.5. The van der Waals surface area contributed by atoms with E-state index in [1.165, 1.54) is 6.07 Å². The van der Waals surface area contributed by atoms with Crippen LogP contribution in [-0.4, -0.2) is 40.2 Å². The van der Waals surface area contributed by atoms with Crippen molar-refractivity contribution in [2.75, 3.05) is 18.0 Å². The van der Waals surface area contributed by atoms with Crippen molar-refractivity contribution in [3.05, 3.63) is 58.5 Å². The molecule has 3 N–H and O–H groups in total. The maximum absolute atomic E-state index is 15.2. The number of carbonyl (C=O) groups is 2. The van der Waals surface area contributed by atoms with Crippen LogP contribution < -0.4 is 16.0 Å². The lowest BCUT2D eigenvalue weighted by molar-refractivity contribution is -0.115. The number of anilines is 1. The molecule has 0 spiro atoms. The van der Waals surface area contributed by atoms with Crippen LogP contribution in [0.2, 0.25) is 0 Å². The predicted molar refractivity (Wildman–Crippen MR) is 133 cm³/mol. The summed E-state index contributed by atoms with van der Waals surface area (Å²) in [5, 5.41) is 2.61. The number of hydrogen-bond acceptors (Lipinski definition) is 7. The van der Waals surface area contributed by atoms with Crippen molar-refractivity contribution >= 4 is 45.6 Å². The highest BCUT2D eigenvalue weighted by Gasteiger charge is 2.25. The van der Waals surface area contributed by atoms with Crippen LogP contribution in [0, 0.1) is 5.82 Å². The number of hydrogen-bond donors (Lipinski definition) is 2. The normalized spacial score (nSPS) is 19.8. The molecule has 174 valence electrons. The average Bonchev–Trinajstić information content (AvgIpc) is 3.14. The molecular weight excluding hydrogens is 453 g/mol. The van der Waals surface area contributed by atoms with E-state index in [1.807, 2.05) is 36.1 Å². The number of thioether (sulfide) groups is 1. The number of carbonyl (C=O) groups excluding carboxylic acids is 2. The molecule has 2 aromatic carbocycles. The number of rotatable bonds is 4. The molecule has 3 aromatic rings. The summed E-state index contributed by atoms with van der Waals surface area (Å²) >= 11 is 0.865. The number of benzene rings is 2. The third-order valence-electron chi connectivity index (χ3n) is 6.04. The van der Waals surface area contributed by atoms with E-state index in [9.17, 15) is 9.59 Å². The Morgan fingerprint density at radius 2 is 2.09 bits per heavy atom. The van der Waals surface area contributed by atoms with Gasteiger partial charge in [0.1, 0.15) is 11.6 Å². The van der Waals surface area contributed by atoms with Gasteiger partial charge in [-0.05, 0) is 60.5 Å². The number of nitrogens with two attached hydrogens (primary N) is 1. The van der Waals surface area contributed by atoms with Gasteiger partial charge in [0.05, 0.1) is 21.8 Å². The molecule has 0 unspecified atom stereocenters. The second-order valence-electron chi connectivity index (χ2n) is 8.49. The standard InChI is InChI=1S/C25H24FN5O2S/c1-2-22-28-19-7-5-14(11-21-24(32)30-25(33)34-21)10-17(19)23(29-22)15-6-8-20(18(26)12-15)31-9-3-4-16(27)13-31/h5-8,10-12,16H,2-4,9,13,27H2,1H3,(H,30,32,33)/t16-/m1/s1. The summed E-state index contributed by atoms with van der Waals surface area (Å²) in [6.45, 7) is 3.39. The molecular formula is C25H24FN5O2S. The molecule has 3 heterocycles. The summed E-state index contributed by atoms with van der Waals surface area (Å²) in [4.78, 5) is 35.1. The first-order chi connectivity index (χ1) is 16.4. The zero-order valence-electron chi connectivity index (χ0n) is 18.7. The Balaban J connectivity index is 1.58. The largest absolute Gasteiger partial charge is 0.368 e. The van der Waals surface area contributed by atoms with E-state index >= 15 is 4.39 Å². The lowest BCUT2D eigenvalue weighted by Crippen LogP contribution is -2.43. The van der Waals surface area contributed by atoms with Gasteiger partial charge >= 0.3 is 0 Å². The quantitative estimate of drug-likeness (QED) is 0.542. The number of fused-ring (bicyclic) bond motifs is 1. The molecule has 0 bridgehead atoms. The van der Waals surface area contributed by atoms with Crippen LogP contribution >= 0.6 is 11.8 Å². The molecule has 2 fully saturated rings. The van der Waals surface area contributed by atoms with E-state index in [0.717, 1.165) is 47.6 Å². The molecule has 1 aromatic heterocycles. The highest BCUT2D eigenvalue weighted by Crippen LogP contribution is 2.33. The number of aryl methyl sites for hydroxylation is 1. The number of aromatic nitrogens is 2. The van der Waals surface area contributed by atoms with Gasteiger partial charge in [-0.3, -0.25) is 14.9 Å². The summed E-state index contributed by atoms with van der Waals surface area (Å²) in [5.74, 6) is -0.0633. The SMILES string of the molecule is CCc1nc(-c2ccc(N3CCC[C@@H](N)C3)c(F)c2)c2cc(C=C3SC(=O)NC3=O)ccc2n1. The van der Waals surface area contributed by atoms with Crippen molar-refractivity contribution in [3.63, 3.8) is 0 Å². The molecule has 34 heavy (non-hydrogen) atoms.